The standard InChI is InChI=1S/C24H34F2O2/c1-4-17-6-10-19(11-7-17)20-12-8-18(9-13-20)15-28-24-16(3)14-21(27-5-2)22(25)23(24)26/h4,14,17-20H,1,5-13,15H2,2-3H3. The highest BCUT2D eigenvalue weighted by atomic mass is 19.2. The van der Waals surface area contributed by atoms with Gasteiger partial charge in [-0.2, -0.15) is 8.78 Å². The van der Waals surface area contributed by atoms with Gasteiger partial charge in [-0.05, 0) is 101 Å². The minimum absolute atomic E-state index is 0.0332. The summed E-state index contributed by atoms with van der Waals surface area (Å²) in [5.74, 6) is 0.920. The van der Waals surface area contributed by atoms with E-state index in [4.69, 9.17) is 9.47 Å². The van der Waals surface area contributed by atoms with Gasteiger partial charge in [-0.15, -0.1) is 6.58 Å². The van der Waals surface area contributed by atoms with Crippen molar-refractivity contribution in [3.63, 3.8) is 0 Å². The summed E-state index contributed by atoms with van der Waals surface area (Å²) in [6.45, 7) is 8.18. The summed E-state index contributed by atoms with van der Waals surface area (Å²) in [6, 6.07) is 1.52. The van der Waals surface area contributed by atoms with E-state index >= 15 is 0 Å². The molecule has 2 saturated carbocycles. The smallest absolute Gasteiger partial charge is 0.204 e. The molecular formula is C24H34F2O2. The molecule has 0 aliphatic heterocycles. The molecule has 0 bridgehead atoms. The molecular weight excluding hydrogens is 358 g/mol. The van der Waals surface area contributed by atoms with Crippen molar-refractivity contribution < 1.29 is 18.3 Å². The average molecular weight is 393 g/mol. The molecule has 0 heterocycles. The van der Waals surface area contributed by atoms with Crippen LogP contribution in [0.15, 0.2) is 18.7 Å². The van der Waals surface area contributed by atoms with E-state index in [0.29, 0.717) is 30.6 Å². The SMILES string of the molecule is C=CC1CCC(C2CCC(COc3c(C)cc(OCC)c(F)c3F)CC2)CC1. The van der Waals surface area contributed by atoms with E-state index in [1.807, 2.05) is 0 Å². The second-order valence-corrected chi connectivity index (χ2v) is 8.58. The van der Waals surface area contributed by atoms with Crippen LogP contribution < -0.4 is 9.47 Å². The van der Waals surface area contributed by atoms with Crippen molar-refractivity contribution in [2.24, 2.45) is 23.7 Å². The molecule has 0 amide bonds. The van der Waals surface area contributed by atoms with Gasteiger partial charge in [0.2, 0.25) is 11.6 Å². The van der Waals surface area contributed by atoms with Crippen LogP contribution in [0, 0.1) is 42.2 Å². The maximum absolute atomic E-state index is 14.4. The summed E-state index contributed by atoms with van der Waals surface area (Å²) >= 11 is 0. The number of ether oxygens (including phenoxy) is 2. The molecule has 4 heteroatoms. The summed E-state index contributed by atoms with van der Waals surface area (Å²) in [5, 5.41) is 0. The van der Waals surface area contributed by atoms with Gasteiger partial charge < -0.3 is 9.47 Å². The number of hydrogen-bond acceptors (Lipinski definition) is 2. The predicted octanol–water partition coefficient (Wildman–Crippen LogP) is 6.85. The van der Waals surface area contributed by atoms with Crippen LogP contribution in [0.1, 0.15) is 63.9 Å². The minimum Gasteiger partial charge on any atom is -0.491 e. The van der Waals surface area contributed by atoms with Crippen molar-refractivity contribution in [2.45, 2.75) is 65.2 Å². The summed E-state index contributed by atoms with van der Waals surface area (Å²) in [6.07, 6.45) is 12.1. The molecule has 2 aliphatic rings. The van der Waals surface area contributed by atoms with Gasteiger partial charge in [0.1, 0.15) is 0 Å². The third-order valence-corrected chi connectivity index (χ3v) is 6.79. The molecule has 0 spiro atoms. The van der Waals surface area contributed by atoms with Crippen LogP contribution in [0.3, 0.4) is 0 Å². The maximum Gasteiger partial charge on any atom is 0.204 e. The van der Waals surface area contributed by atoms with E-state index in [1.165, 1.54) is 44.6 Å². The van der Waals surface area contributed by atoms with Gasteiger partial charge in [0.15, 0.2) is 11.5 Å². The topological polar surface area (TPSA) is 18.5 Å². The van der Waals surface area contributed by atoms with Crippen LogP contribution >= 0.6 is 0 Å². The molecule has 28 heavy (non-hydrogen) atoms. The molecule has 0 radical (unpaired) electrons. The summed E-state index contributed by atoms with van der Waals surface area (Å²) < 4.78 is 39.4. The molecule has 0 N–H and O–H groups in total. The average Bonchev–Trinajstić information content (AvgIpc) is 2.72. The van der Waals surface area contributed by atoms with Crippen LogP contribution in [0.5, 0.6) is 11.5 Å². The zero-order valence-electron chi connectivity index (χ0n) is 17.3. The van der Waals surface area contributed by atoms with Gasteiger partial charge in [-0.25, -0.2) is 0 Å². The zero-order chi connectivity index (χ0) is 20.1. The molecule has 2 fully saturated rings. The lowest BCUT2D eigenvalue weighted by atomic mass is 9.69. The Balaban J connectivity index is 1.49. The van der Waals surface area contributed by atoms with Gasteiger partial charge in [0.05, 0.1) is 13.2 Å². The van der Waals surface area contributed by atoms with Gasteiger partial charge in [-0.1, -0.05) is 6.08 Å². The Labute approximate surface area is 168 Å². The lowest BCUT2D eigenvalue weighted by Gasteiger charge is -2.37. The highest BCUT2D eigenvalue weighted by molar-refractivity contribution is 5.42. The first kappa shape index (κ1) is 21.1. The van der Waals surface area contributed by atoms with Crippen LogP contribution in [-0.2, 0) is 0 Å². The van der Waals surface area contributed by atoms with Crippen LogP contribution in [0.25, 0.3) is 0 Å². The van der Waals surface area contributed by atoms with Crippen LogP contribution in [0.2, 0.25) is 0 Å². The third-order valence-electron chi connectivity index (χ3n) is 6.79. The van der Waals surface area contributed by atoms with E-state index < -0.39 is 11.6 Å². The van der Waals surface area contributed by atoms with Crippen LogP contribution in [-0.4, -0.2) is 13.2 Å². The van der Waals surface area contributed by atoms with Gasteiger partial charge in [0.25, 0.3) is 0 Å². The molecule has 2 nitrogen and oxygen atoms in total. The Morgan fingerprint density at radius 3 is 2.14 bits per heavy atom. The fourth-order valence-electron chi connectivity index (χ4n) is 5.02. The Kier molecular flexibility index (Phi) is 7.36. The maximum atomic E-state index is 14.4. The number of halogens is 2. The Morgan fingerprint density at radius 2 is 1.57 bits per heavy atom. The van der Waals surface area contributed by atoms with Crippen molar-refractivity contribution >= 4 is 0 Å². The summed E-state index contributed by atoms with van der Waals surface area (Å²) in [5.41, 5.74) is 0.579. The van der Waals surface area contributed by atoms with Gasteiger partial charge >= 0.3 is 0 Å². The van der Waals surface area contributed by atoms with E-state index in [9.17, 15) is 8.78 Å². The monoisotopic (exact) mass is 392 g/mol. The molecule has 3 rings (SSSR count). The molecule has 2 aliphatic carbocycles. The van der Waals surface area contributed by atoms with Gasteiger partial charge in [0, 0.05) is 0 Å². The molecule has 0 atom stereocenters. The number of hydrogen-bond donors (Lipinski definition) is 0. The van der Waals surface area contributed by atoms with E-state index in [1.54, 1.807) is 13.8 Å². The first-order valence-corrected chi connectivity index (χ1v) is 10.9. The fraction of sp³-hybridized carbons (Fsp3) is 0.667. The van der Waals surface area contributed by atoms with E-state index in [-0.39, 0.29) is 11.5 Å². The number of rotatable bonds is 7. The Bertz CT molecular complexity index is 657. The first-order valence-electron chi connectivity index (χ1n) is 10.9. The van der Waals surface area contributed by atoms with Crippen molar-refractivity contribution in [1.82, 2.24) is 0 Å². The molecule has 0 saturated heterocycles. The Morgan fingerprint density at radius 1 is 0.964 bits per heavy atom. The lowest BCUT2D eigenvalue weighted by Crippen LogP contribution is -2.27. The second-order valence-electron chi connectivity index (χ2n) is 8.58. The third kappa shape index (κ3) is 4.87. The van der Waals surface area contributed by atoms with Crippen LogP contribution in [0.4, 0.5) is 8.78 Å². The highest BCUT2D eigenvalue weighted by Crippen LogP contribution is 2.42. The summed E-state index contributed by atoms with van der Waals surface area (Å²) in [7, 11) is 0. The van der Waals surface area contributed by atoms with E-state index in [2.05, 4.69) is 12.7 Å². The number of allylic oxidation sites excluding steroid dienone is 1. The molecule has 156 valence electrons. The molecule has 0 unspecified atom stereocenters. The molecule has 0 aromatic heterocycles. The minimum atomic E-state index is -0.957. The Hall–Kier alpha value is -1.58. The van der Waals surface area contributed by atoms with Crippen molar-refractivity contribution in [1.29, 1.82) is 0 Å². The zero-order valence-corrected chi connectivity index (χ0v) is 17.3. The lowest BCUT2D eigenvalue weighted by molar-refractivity contribution is 0.127. The van der Waals surface area contributed by atoms with Gasteiger partial charge in [-0.3, -0.25) is 0 Å². The fourth-order valence-corrected chi connectivity index (χ4v) is 5.02. The van der Waals surface area contributed by atoms with Crippen molar-refractivity contribution in [2.75, 3.05) is 13.2 Å². The second kappa shape index (κ2) is 9.76. The van der Waals surface area contributed by atoms with E-state index in [0.717, 1.165) is 24.7 Å². The number of benzene rings is 1. The largest absolute Gasteiger partial charge is 0.491 e. The quantitative estimate of drug-likeness (QED) is 0.472. The molecule has 1 aromatic carbocycles. The highest BCUT2D eigenvalue weighted by Gasteiger charge is 2.30. The predicted molar refractivity (Wildman–Crippen MR) is 109 cm³/mol. The number of aryl methyl sites for hydroxylation is 1. The first-order chi connectivity index (χ1) is 13.5. The molecule has 1 aromatic rings. The summed E-state index contributed by atoms with van der Waals surface area (Å²) in [4.78, 5) is 0. The van der Waals surface area contributed by atoms with Crippen molar-refractivity contribution in [3.05, 3.63) is 35.9 Å². The normalized spacial score (nSPS) is 28.0. The van der Waals surface area contributed by atoms with Crippen molar-refractivity contribution in [3.8, 4) is 11.5 Å².